The number of aromatic nitrogens is 3. The van der Waals surface area contributed by atoms with Gasteiger partial charge in [0.2, 0.25) is 0 Å². The fourth-order valence-electron chi connectivity index (χ4n) is 4.43. The van der Waals surface area contributed by atoms with Crippen LogP contribution in [0, 0.1) is 6.92 Å². The standard InChI is InChI=1S/C21H23N3O4/c1-13-16-7-8-24(19(16)23-12-22-13)20-17(25)18(26)21(28-20)10-15(27-11-21)9-14-5-3-2-4-6-14/h2-8,12,15,17-18,20,25-26H,9-11H2,1H3. The minimum absolute atomic E-state index is 0.0611. The van der Waals surface area contributed by atoms with Crippen molar-refractivity contribution in [1.29, 1.82) is 0 Å². The smallest absolute Gasteiger partial charge is 0.164 e. The van der Waals surface area contributed by atoms with Gasteiger partial charge < -0.3 is 24.3 Å². The second-order valence-corrected chi connectivity index (χ2v) is 7.75. The summed E-state index contributed by atoms with van der Waals surface area (Å²) < 4.78 is 14.0. The molecule has 28 heavy (non-hydrogen) atoms. The van der Waals surface area contributed by atoms with Crippen molar-refractivity contribution in [2.75, 3.05) is 6.61 Å². The largest absolute Gasteiger partial charge is 0.387 e. The maximum atomic E-state index is 10.8. The molecule has 4 heterocycles. The number of aryl methyl sites for hydroxylation is 1. The summed E-state index contributed by atoms with van der Waals surface area (Å²) >= 11 is 0. The van der Waals surface area contributed by atoms with Crippen molar-refractivity contribution in [3.63, 3.8) is 0 Å². The van der Waals surface area contributed by atoms with E-state index in [0.29, 0.717) is 12.1 Å². The van der Waals surface area contributed by atoms with Crippen LogP contribution in [-0.2, 0) is 15.9 Å². The molecule has 146 valence electrons. The molecule has 0 bridgehead atoms. The highest BCUT2D eigenvalue weighted by atomic mass is 16.6. The predicted molar refractivity (Wildman–Crippen MR) is 102 cm³/mol. The Morgan fingerprint density at radius 2 is 2.00 bits per heavy atom. The zero-order valence-corrected chi connectivity index (χ0v) is 15.6. The molecule has 0 radical (unpaired) electrons. The lowest BCUT2D eigenvalue weighted by Crippen LogP contribution is -2.43. The normalized spacial score (nSPS) is 32.5. The molecule has 5 rings (SSSR count). The van der Waals surface area contributed by atoms with Gasteiger partial charge in [-0.15, -0.1) is 0 Å². The predicted octanol–water partition coefficient (Wildman–Crippen LogP) is 1.76. The summed E-state index contributed by atoms with van der Waals surface area (Å²) in [6.45, 7) is 2.17. The van der Waals surface area contributed by atoms with Gasteiger partial charge in [0.05, 0.1) is 18.4 Å². The van der Waals surface area contributed by atoms with E-state index < -0.39 is 24.0 Å². The molecule has 2 aliphatic rings. The molecule has 2 fully saturated rings. The summed E-state index contributed by atoms with van der Waals surface area (Å²) in [5.41, 5.74) is 1.80. The third-order valence-corrected chi connectivity index (χ3v) is 5.94. The molecule has 2 N–H and O–H groups in total. The number of fused-ring (bicyclic) bond motifs is 1. The Labute approximate surface area is 162 Å². The van der Waals surface area contributed by atoms with E-state index >= 15 is 0 Å². The molecule has 2 aliphatic heterocycles. The molecular formula is C21H23N3O4. The van der Waals surface area contributed by atoms with E-state index in [4.69, 9.17) is 9.47 Å². The van der Waals surface area contributed by atoms with Gasteiger partial charge in [0, 0.05) is 18.0 Å². The second-order valence-electron chi connectivity index (χ2n) is 7.75. The molecule has 3 aromatic rings. The quantitative estimate of drug-likeness (QED) is 0.719. The minimum atomic E-state index is -1.06. The van der Waals surface area contributed by atoms with Gasteiger partial charge >= 0.3 is 0 Å². The highest BCUT2D eigenvalue weighted by Crippen LogP contribution is 2.45. The van der Waals surface area contributed by atoms with Crippen LogP contribution >= 0.6 is 0 Å². The van der Waals surface area contributed by atoms with Crippen LogP contribution in [0.2, 0.25) is 0 Å². The maximum Gasteiger partial charge on any atom is 0.164 e. The van der Waals surface area contributed by atoms with Gasteiger partial charge in [-0.1, -0.05) is 30.3 Å². The summed E-state index contributed by atoms with van der Waals surface area (Å²) in [7, 11) is 0. The van der Waals surface area contributed by atoms with Crippen molar-refractivity contribution in [3.05, 3.63) is 60.2 Å². The van der Waals surface area contributed by atoms with Crippen LogP contribution in [0.3, 0.4) is 0 Å². The molecule has 5 unspecified atom stereocenters. The third-order valence-electron chi connectivity index (χ3n) is 5.94. The molecule has 7 nitrogen and oxygen atoms in total. The SMILES string of the molecule is Cc1ncnc2c1ccn2C1OC2(COC(Cc3ccccc3)C2)C(O)C1O. The Balaban J connectivity index is 1.40. The van der Waals surface area contributed by atoms with Crippen LogP contribution in [0.1, 0.15) is 23.9 Å². The lowest BCUT2D eigenvalue weighted by atomic mass is 9.90. The van der Waals surface area contributed by atoms with Gasteiger partial charge in [-0.05, 0) is 25.0 Å². The van der Waals surface area contributed by atoms with E-state index in [0.717, 1.165) is 17.5 Å². The zero-order valence-electron chi connectivity index (χ0n) is 15.6. The molecule has 1 spiro atoms. The fourth-order valence-corrected chi connectivity index (χ4v) is 4.43. The number of ether oxygens (including phenoxy) is 2. The maximum absolute atomic E-state index is 10.8. The Morgan fingerprint density at radius 1 is 1.18 bits per heavy atom. The van der Waals surface area contributed by atoms with Crippen molar-refractivity contribution in [2.45, 2.75) is 49.9 Å². The number of hydrogen-bond donors (Lipinski definition) is 2. The van der Waals surface area contributed by atoms with Crippen LogP contribution in [0.15, 0.2) is 48.9 Å². The van der Waals surface area contributed by atoms with Crippen molar-refractivity contribution in [3.8, 4) is 0 Å². The molecule has 0 saturated carbocycles. The first-order chi connectivity index (χ1) is 13.6. The van der Waals surface area contributed by atoms with Crippen molar-refractivity contribution < 1.29 is 19.7 Å². The second kappa shape index (κ2) is 6.63. The highest BCUT2D eigenvalue weighted by Gasteiger charge is 2.58. The summed E-state index contributed by atoms with van der Waals surface area (Å²) in [6.07, 6.45) is 1.72. The van der Waals surface area contributed by atoms with Gasteiger partial charge in [-0.25, -0.2) is 9.97 Å². The van der Waals surface area contributed by atoms with Crippen molar-refractivity contribution >= 4 is 11.0 Å². The van der Waals surface area contributed by atoms with Crippen LogP contribution in [-0.4, -0.2) is 55.3 Å². The topological polar surface area (TPSA) is 89.6 Å². The molecule has 2 saturated heterocycles. The number of aliphatic hydroxyl groups is 2. The molecule has 2 aromatic heterocycles. The van der Waals surface area contributed by atoms with E-state index in [1.54, 1.807) is 4.57 Å². The van der Waals surface area contributed by atoms with E-state index in [1.807, 2.05) is 37.4 Å². The molecule has 5 atom stereocenters. The van der Waals surface area contributed by atoms with Crippen LogP contribution in [0.4, 0.5) is 0 Å². The minimum Gasteiger partial charge on any atom is -0.387 e. The molecule has 7 heteroatoms. The first-order valence-electron chi connectivity index (χ1n) is 9.55. The van der Waals surface area contributed by atoms with Gasteiger partial charge in [-0.3, -0.25) is 0 Å². The molecule has 0 aliphatic carbocycles. The summed E-state index contributed by atoms with van der Waals surface area (Å²) in [5.74, 6) is 0. The van der Waals surface area contributed by atoms with Crippen molar-refractivity contribution in [1.82, 2.24) is 14.5 Å². The molecule has 0 amide bonds. The lowest BCUT2D eigenvalue weighted by Gasteiger charge is -2.25. The number of aliphatic hydroxyl groups excluding tert-OH is 2. The Bertz CT molecular complexity index is 992. The van der Waals surface area contributed by atoms with Crippen molar-refractivity contribution in [2.24, 2.45) is 0 Å². The number of rotatable bonds is 3. The van der Waals surface area contributed by atoms with Gasteiger partial charge in [0.25, 0.3) is 0 Å². The highest BCUT2D eigenvalue weighted by molar-refractivity contribution is 5.78. The first kappa shape index (κ1) is 17.8. The van der Waals surface area contributed by atoms with Gasteiger partial charge in [-0.2, -0.15) is 0 Å². The number of hydrogen-bond acceptors (Lipinski definition) is 6. The van der Waals surface area contributed by atoms with Crippen LogP contribution < -0.4 is 0 Å². The monoisotopic (exact) mass is 381 g/mol. The Morgan fingerprint density at radius 3 is 2.82 bits per heavy atom. The summed E-state index contributed by atoms with van der Waals surface area (Å²) in [6, 6.07) is 12.0. The summed E-state index contributed by atoms with van der Waals surface area (Å²) in [4.78, 5) is 8.54. The van der Waals surface area contributed by atoms with E-state index in [9.17, 15) is 10.2 Å². The molecule has 1 aromatic carbocycles. The average molecular weight is 381 g/mol. The first-order valence-corrected chi connectivity index (χ1v) is 9.55. The van der Waals surface area contributed by atoms with E-state index in [-0.39, 0.29) is 12.7 Å². The van der Waals surface area contributed by atoms with Gasteiger partial charge in [0.15, 0.2) is 6.23 Å². The zero-order chi connectivity index (χ0) is 19.3. The lowest BCUT2D eigenvalue weighted by molar-refractivity contribution is -0.103. The third kappa shape index (κ3) is 2.74. The van der Waals surface area contributed by atoms with Crippen LogP contribution in [0.25, 0.3) is 11.0 Å². The van der Waals surface area contributed by atoms with Gasteiger partial charge in [0.1, 0.15) is 29.8 Å². The number of benzene rings is 1. The average Bonchev–Trinajstić information content (AvgIpc) is 3.37. The Hall–Kier alpha value is -2.32. The van der Waals surface area contributed by atoms with E-state index in [1.165, 1.54) is 11.9 Å². The number of nitrogens with zero attached hydrogens (tertiary/aromatic N) is 3. The van der Waals surface area contributed by atoms with Crippen LogP contribution in [0.5, 0.6) is 0 Å². The van der Waals surface area contributed by atoms with E-state index in [2.05, 4.69) is 22.1 Å². The Kier molecular flexibility index (Phi) is 4.21. The summed E-state index contributed by atoms with van der Waals surface area (Å²) in [5, 5.41) is 22.5. The molecular weight excluding hydrogens is 358 g/mol. The fraction of sp³-hybridized carbons (Fsp3) is 0.429.